The van der Waals surface area contributed by atoms with E-state index in [1.54, 1.807) is 12.4 Å². The summed E-state index contributed by atoms with van der Waals surface area (Å²) in [6.45, 7) is 4.44. The van der Waals surface area contributed by atoms with Crippen LogP contribution in [-0.4, -0.2) is 15.0 Å². The van der Waals surface area contributed by atoms with Gasteiger partial charge in [-0.25, -0.2) is 9.97 Å². The quantitative estimate of drug-likeness (QED) is 0.907. The molecule has 1 aliphatic rings. The van der Waals surface area contributed by atoms with Crippen LogP contribution in [-0.2, 0) is 0 Å². The van der Waals surface area contributed by atoms with E-state index in [-0.39, 0.29) is 5.95 Å². The molecule has 2 heterocycles. The first-order valence-electron chi connectivity index (χ1n) is 7.55. The van der Waals surface area contributed by atoms with Crippen molar-refractivity contribution in [2.45, 2.75) is 32.6 Å². The lowest BCUT2D eigenvalue weighted by Crippen LogP contribution is -2.10. The van der Waals surface area contributed by atoms with Gasteiger partial charge < -0.3 is 5.73 Å². The third-order valence-electron chi connectivity index (χ3n) is 4.44. The third kappa shape index (κ3) is 2.59. The number of anilines is 1. The number of rotatable bonds is 2. The van der Waals surface area contributed by atoms with Gasteiger partial charge in [0.25, 0.3) is 0 Å². The fourth-order valence-corrected chi connectivity index (χ4v) is 3.40. The Morgan fingerprint density at radius 2 is 2.05 bits per heavy atom. The number of allylic oxidation sites excluding steroid dienone is 1. The number of halogens is 1. The van der Waals surface area contributed by atoms with Gasteiger partial charge in [0.05, 0.1) is 16.4 Å². The maximum absolute atomic E-state index is 6.50. The molecule has 22 heavy (non-hydrogen) atoms. The number of nitrogens with zero attached hydrogens (tertiary/aromatic N) is 3. The monoisotopic (exact) mass is 314 g/mol. The molecule has 2 N–H and O–H groups in total. The summed E-state index contributed by atoms with van der Waals surface area (Å²) < 4.78 is 0. The van der Waals surface area contributed by atoms with Gasteiger partial charge in [-0.15, -0.1) is 0 Å². The number of pyridine rings is 1. The van der Waals surface area contributed by atoms with Crippen LogP contribution in [0.25, 0.3) is 5.57 Å². The van der Waals surface area contributed by atoms with E-state index in [1.807, 2.05) is 12.1 Å². The molecule has 114 valence electrons. The van der Waals surface area contributed by atoms with E-state index < -0.39 is 0 Å². The normalized spacial score (nSPS) is 21.0. The fraction of sp³-hybridized carbons (Fsp3) is 0.353. The van der Waals surface area contributed by atoms with E-state index in [4.69, 9.17) is 17.3 Å². The first-order chi connectivity index (χ1) is 10.6. The molecular weight excluding hydrogens is 296 g/mol. The second-order valence-corrected chi connectivity index (χ2v) is 6.07. The second kappa shape index (κ2) is 6.05. The zero-order valence-electron chi connectivity index (χ0n) is 12.8. The van der Waals surface area contributed by atoms with Gasteiger partial charge in [-0.2, -0.15) is 0 Å². The number of hydrogen-bond donors (Lipinski definition) is 1. The third-order valence-corrected chi connectivity index (χ3v) is 4.75. The zero-order chi connectivity index (χ0) is 15.7. The predicted molar refractivity (Wildman–Crippen MR) is 89.6 cm³/mol. The Bertz CT molecular complexity index is 726. The average molecular weight is 315 g/mol. The maximum Gasteiger partial charge on any atom is 0.220 e. The van der Waals surface area contributed by atoms with Gasteiger partial charge in [-0.3, -0.25) is 4.98 Å². The van der Waals surface area contributed by atoms with Crippen LogP contribution in [0.4, 0.5) is 5.95 Å². The minimum Gasteiger partial charge on any atom is -0.368 e. The van der Waals surface area contributed by atoms with E-state index in [0.29, 0.717) is 16.9 Å². The highest BCUT2D eigenvalue weighted by Gasteiger charge is 2.27. The minimum atomic E-state index is 0.268. The van der Waals surface area contributed by atoms with Gasteiger partial charge in [-0.1, -0.05) is 37.9 Å². The summed E-state index contributed by atoms with van der Waals surface area (Å²) in [5, 5.41) is 0.706. The van der Waals surface area contributed by atoms with E-state index >= 15 is 0 Å². The summed E-state index contributed by atoms with van der Waals surface area (Å²) in [5.74, 6) is 1.16. The smallest absolute Gasteiger partial charge is 0.220 e. The van der Waals surface area contributed by atoms with Crippen LogP contribution in [0.2, 0.25) is 5.02 Å². The molecule has 2 atom stereocenters. The van der Waals surface area contributed by atoms with Crippen molar-refractivity contribution in [3.63, 3.8) is 0 Å². The molecule has 0 fully saturated rings. The second-order valence-electron chi connectivity index (χ2n) is 5.66. The summed E-state index contributed by atoms with van der Waals surface area (Å²) in [5.41, 5.74) is 9.57. The molecule has 0 spiro atoms. The molecule has 0 saturated carbocycles. The molecule has 0 bridgehead atoms. The SMILES string of the molecule is CCC1CC=C(c2ccnc(N)n2)c2c(Cl)ccnc2C1C. The zero-order valence-corrected chi connectivity index (χ0v) is 13.5. The van der Waals surface area contributed by atoms with Crippen molar-refractivity contribution in [2.24, 2.45) is 5.92 Å². The highest BCUT2D eigenvalue weighted by atomic mass is 35.5. The first kappa shape index (κ1) is 15.0. The van der Waals surface area contributed by atoms with Crippen molar-refractivity contribution in [1.29, 1.82) is 0 Å². The summed E-state index contributed by atoms with van der Waals surface area (Å²) >= 11 is 6.50. The summed E-state index contributed by atoms with van der Waals surface area (Å²) in [4.78, 5) is 13.0. The van der Waals surface area contributed by atoms with Crippen LogP contribution in [0.1, 0.15) is 49.6 Å². The van der Waals surface area contributed by atoms with Crippen molar-refractivity contribution < 1.29 is 0 Å². The van der Waals surface area contributed by atoms with Gasteiger partial charge in [0.15, 0.2) is 0 Å². The highest BCUT2D eigenvalue weighted by molar-refractivity contribution is 6.32. The summed E-state index contributed by atoms with van der Waals surface area (Å²) in [6.07, 6.45) is 7.75. The Morgan fingerprint density at radius 3 is 2.77 bits per heavy atom. The van der Waals surface area contributed by atoms with Crippen molar-refractivity contribution in [2.75, 3.05) is 5.73 Å². The van der Waals surface area contributed by atoms with Gasteiger partial charge in [0.2, 0.25) is 5.95 Å². The van der Waals surface area contributed by atoms with Gasteiger partial charge in [0.1, 0.15) is 0 Å². The van der Waals surface area contributed by atoms with Gasteiger partial charge >= 0.3 is 0 Å². The molecular formula is C17H19ClN4. The molecule has 0 amide bonds. The van der Waals surface area contributed by atoms with Crippen LogP contribution >= 0.6 is 11.6 Å². The van der Waals surface area contributed by atoms with Crippen molar-refractivity contribution >= 4 is 23.1 Å². The molecule has 0 aliphatic heterocycles. The van der Waals surface area contributed by atoms with Crippen molar-refractivity contribution in [3.8, 4) is 0 Å². The Labute approximate surface area is 135 Å². The van der Waals surface area contributed by atoms with Crippen LogP contribution in [0.5, 0.6) is 0 Å². The highest BCUT2D eigenvalue weighted by Crippen LogP contribution is 2.41. The Balaban J connectivity index is 2.22. The molecule has 4 nitrogen and oxygen atoms in total. The van der Waals surface area contributed by atoms with E-state index in [2.05, 4.69) is 34.9 Å². The maximum atomic E-state index is 6.50. The predicted octanol–water partition coefficient (Wildman–Crippen LogP) is 4.07. The standard InChI is InChI=1S/C17H19ClN4/c1-3-11-4-5-12(14-7-9-21-17(19)22-14)15-13(18)6-8-20-16(15)10(11)2/h5-11H,3-4H2,1-2H3,(H2,19,21,22). The van der Waals surface area contributed by atoms with Gasteiger partial charge in [0, 0.05) is 29.4 Å². The largest absolute Gasteiger partial charge is 0.368 e. The van der Waals surface area contributed by atoms with Gasteiger partial charge in [-0.05, 0) is 24.5 Å². The lowest BCUT2D eigenvalue weighted by atomic mass is 9.86. The lowest BCUT2D eigenvalue weighted by Gasteiger charge is -2.21. The topological polar surface area (TPSA) is 64.7 Å². The molecule has 0 saturated heterocycles. The molecule has 5 heteroatoms. The van der Waals surface area contributed by atoms with Crippen LogP contribution in [0.3, 0.4) is 0 Å². The summed E-state index contributed by atoms with van der Waals surface area (Å²) in [6, 6.07) is 3.70. The summed E-state index contributed by atoms with van der Waals surface area (Å²) in [7, 11) is 0. The average Bonchev–Trinajstić information content (AvgIpc) is 2.65. The Hall–Kier alpha value is -1.94. The number of nitrogen functional groups attached to an aromatic ring is 1. The molecule has 2 aromatic heterocycles. The van der Waals surface area contributed by atoms with Crippen LogP contribution < -0.4 is 5.73 Å². The fourth-order valence-electron chi connectivity index (χ4n) is 3.14. The number of fused-ring (bicyclic) bond motifs is 1. The molecule has 1 aliphatic carbocycles. The minimum absolute atomic E-state index is 0.268. The van der Waals surface area contributed by atoms with Crippen LogP contribution in [0, 0.1) is 5.92 Å². The number of nitrogens with two attached hydrogens (primary N) is 1. The van der Waals surface area contributed by atoms with Crippen LogP contribution in [0.15, 0.2) is 30.6 Å². The van der Waals surface area contributed by atoms with E-state index in [0.717, 1.165) is 35.4 Å². The van der Waals surface area contributed by atoms with Crippen molar-refractivity contribution in [3.05, 3.63) is 52.6 Å². The first-order valence-corrected chi connectivity index (χ1v) is 7.93. The molecule has 2 unspecified atom stereocenters. The molecule has 2 aromatic rings. The molecule has 0 aromatic carbocycles. The van der Waals surface area contributed by atoms with Crippen molar-refractivity contribution in [1.82, 2.24) is 15.0 Å². The number of hydrogen-bond acceptors (Lipinski definition) is 4. The molecule has 0 radical (unpaired) electrons. The van der Waals surface area contributed by atoms with E-state index in [1.165, 1.54) is 0 Å². The molecule has 3 rings (SSSR count). The Morgan fingerprint density at radius 1 is 1.27 bits per heavy atom. The van der Waals surface area contributed by atoms with E-state index in [9.17, 15) is 0 Å². The Kier molecular flexibility index (Phi) is 4.12. The lowest BCUT2D eigenvalue weighted by molar-refractivity contribution is 0.433. The number of aromatic nitrogens is 3.